The van der Waals surface area contributed by atoms with Crippen molar-refractivity contribution in [2.75, 3.05) is 0 Å². The molecule has 0 aliphatic carbocycles. The zero-order valence-corrected chi connectivity index (χ0v) is 4.50. The van der Waals surface area contributed by atoms with Crippen molar-refractivity contribution in [2.45, 2.75) is 0 Å². The molecule has 0 saturated carbocycles. The van der Waals surface area contributed by atoms with Gasteiger partial charge in [-0.3, -0.25) is 0 Å². The molecule has 0 aromatic carbocycles. The van der Waals surface area contributed by atoms with Crippen LogP contribution in [0.3, 0.4) is 0 Å². The molecule has 2 heterocycles. The number of aromatic nitrogens is 4. The molecule has 1 radical (unpaired) electrons. The SMILES string of the molecule is [c]1nc2nccnc2[nH]1. The lowest BCUT2D eigenvalue weighted by molar-refractivity contribution is 1.26. The first-order valence-corrected chi connectivity index (χ1v) is 2.49. The van der Waals surface area contributed by atoms with Gasteiger partial charge in [0, 0.05) is 12.4 Å². The normalized spacial score (nSPS) is 10.2. The van der Waals surface area contributed by atoms with Crippen LogP contribution in [0.5, 0.6) is 0 Å². The highest BCUT2D eigenvalue weighted by atomic mass is 15.0. The van der Waals surface area contributed by atoms with Gasteiger partial charge >= 0.3 is 0 Å². The first-order valence-electron chi connectivity index (χ1n) is 2.49. The van der Waals surface area contributed by atoms with E-state index in [1.165, 1.54) is 0 Å². The predicted molar refractivity (Wildman–Crippen MR) is 30.5 cm³/mol. The minimum absolute atomic E-state index is 0.609. The quantitative estimate of drug-likeness (QED) is 0.537. The molecule has 4 heteroatoms. The van der Waals surface area contributed by atoms with Crippen LogP contribution < -0.4 is 0 Å². The molecule has 0 bridgehead atoms. The van der Waals surface area contributed by atoms with E-state index in [0.717, 1.165) is 0 Å². The first-order chi connectivity index (χ1) is 4.47. The summed E-state index contributed by atoms with van der Waals surface area (Å²) in [5, 5.41) is 0. The molecule has 1 N–H and O–H groups in total. The monoisotopic (exact) mass is 119 g/mol. The molecule has 0 amide bonds. The van der Waals surface area contributed by atoms with Crippen LogP contribution in [0.15, 0.2) is 12.4 Å². The van der Waals surface area contributed by atoms with Gasteiger partial charge in [-0.1, -0.05) is 0 Å². The summed E-state index contributed by atoms with van der Waals surface area (Å²) >= 11 is 0. The Morgan fingerprint density at radius 2 is 2.22 bits per heavy atom. The lowest BCUT2D eigenvalue weighted by Gasteiger charge is -1.79. The molecule has 0 spiro atoms. The van der Waals surface area contributed by atoms with E-state index in [9.17, 15) is 0 Å². The van der Waals surface area contributed by atoms with Gasteiger partial charge in [0.15, 0.2) is 17.6 Å². The largest absolute Gasteiger partial charge is 0.319 e. The van der Waals surface area contributed by atoms with Gasteiger partial charge in [0.05, 0.1) is 0 Å². The fraction of sp³-hybridized carbons (Fsp3) is 0. The highest BCUT2D eigenvalue weighted by Gasteiger charge is 1.92. The predicted octanol–water partition coefficient (Wildman–Crippen LogP) is 0.153. The van der Waals surface area contributed by atoms with Crippen molar-refractivity contribution in [1.82, 2.24) is 19.9 Å². The fourth-order valence-electron chi connectivity index (χ4n) is 0.635. The van der Waals surface area contributed by atoms with E-state index in [4.69, 9.17) is 0 Å². The zero-order valence-electron chi connectivity index (χ0n) is 4.50. The standard InChI is InChI=1S/C5H3N4/c1-2-7-5-4(6-1)8-3-9-5/h1-2H,(H,6,7,8,9). The van der Waals surface area contributed by atoms with Crippen LogP contribution >= 0.6 is 0 Å². The van der Waals surface area contributed by atoms with Crippen molar-refractivity contribution in [3.05, 3.63) is 18.7 Å². The van der Waals surface area contributed by atoms with E-state index in [1.54, 1.807) is 12.4 Å². The topological polar surface area (TPSA) is 54.5 Å². The minimum Gasteiger partial charge on any atom is -0.319 e. The number of aromatic amines is 1. The molecule has 9 heavy (non-hydrogen) atoms. The Kier molecular flexibility index (Phi) is 0.745. The molecule has 0 aliphatic rings. The molecular weight excluding hydrogens is 116 g/mol. The van der Waals surface area contributed by atoms with Crippen molar-refractivity contribution < 1.29 is 0 Å². The van der Waals surface area contributed by atoms with Gasteiger partial charge in [-0.15, -0.1) is 0 Å². The average molecular weight is 119 g/mol. The number of rotatable bonds is 0. The number of imidazole rings is 1. The molecule has 0 atom stereocenters. The van der Waals surface area contributed by atoms with Crippen molar-refractivity contribution in [2.24, 2.45) is 0 Å². The van der Waals surface area contributed by atoms with Crippen LogP contribution in [0.25, 0.3) is 11.3 Å². The number of hydrogen-bond donors (Lipinski definition) is 1. The van der Waals surface area contributed by atoms with Crippen molar-refractivity contribution >= 4 is 11.3 Å². The first kappa shape index (κ1) is 4.43. The molecule has 0 fully saturated rings. The highest BCUT2D eigenvalue weighted by Crippen LogP contribution is 1.96. The molecule has 0 aliphatic heterocycles. The molecule has 0 saturated heterocycles. The molecule has 2 aromatic heterocycles. The second-order valence-corrected chi connectivity index (χ2v) is 1.58. The molecule has 2 aromatic rings. The maximum atomic E-state index is 3.93. The van der Waals surface area contributed by atoms with Crippen LogP contribution in [-0.4, -0.2) is 19.9 Å². The summed E-state index contributed by atoms with van der Waals surface area (Å²) in [6.45, 7) is 0. The average Bonchev–Trinajstić information content (AvgIpc) is 2.33. The van der Waals surface area contributed by atoms with Gasteiger partial charge in [0.1, 0.15) is 0 Å². The fourth-order valence-corrected chi connectivity index (χ4v) is 0.635. The highest BCUT2D eigenvalue weighted by molar-refractivity contribution is 5.62. The van der Waals surface area contributed by atoms with Gasteiger partial charge in [0.2, 0.25) is 0 Å². The lowest BCUT2D eigenvalue weighted by Crippen LogP contribution is -1.77. The van der Waals surface area contributed by atoms with Crippen molar-refractivity contribution in [1.29, 1.82) is 0 Å². The Bertz CT molecular complexity index is 283. The van der Waals surface area contributed by atoms with Crippen LogP contribution in [0, 0.1) is 6.33 Å². The number of nitrogens with one attached hydrogen (secondary N) is 1. The van der Waals surface area contributed by atoms with E-state index < -0.39 is 0 Å². The molecule has 0 unspecified atom stereocenters. The smallest absolute Gasteiger partial charge is 0.197 e. The maximum Gasteiger partial charge on any atom is 0.197 e. The van der Waals surface area contributed by atoms with Crippen LogP contribution in [-0.2, 0) is 0 Å². The van der Waals surface area contributed by atoms with Gasteiger partial charge in [-0.25, -0.2) is 15.0 Å². The number of H-pyrrole nitrogens is 1. The second-order valence-electron chi connectivity index (χ2n) is 1.58. The Balaban J connectivity index is 2.95. The second kappa shape index (κ2) is 1.51. The number of nitrogens with zero attached hydrogens (tertiary/aromatic N) is 3. The van der Waals surface area contributed by atoms with Crippen LogP contribution in [0.2, 0.25) is 0 Å². The van der Waals surface area contributed by atoms with Crippen LogP contribution in [0.4, 0.5) is 0 Å². The summed E-state index contributed by atoms with van der Waals surface area (Å²) in [4.78, 5) is 14.3. The van der Waals surface area contributed by atoms with Gasteiger partial charge in [0.25, 0.3) is 0 Å². The van der Waals surface area contributed by atoms with E-state index in [1.807, 2.05) is 0 Å². The molecule has 2 rings (SSSR count). The Labute approximate surface area is 51.0 Å². The molecule has 4 nitrogen and oxygen atoms in total. The number of hydrogen-bond acceptors (Lipinski definition) is 3. The van der Waals surface area contributed by atoms with Crippen molar-refractivity contribution in [3.8, 4) is 0 Å². The Morgan fingerprint density at radius 3 is 3.11 bits per heavy atom. The minimum atomic E-state index is 0.609. The summed E-state index contributed by atoms with van der Waals surface area (Å²) in [6.07, 6.45) is 5.74. The van der Waals surface area contributed by atoms with E-state index in [-0.39, 0.29) is 0 Å². The van der Waals surface area contributed by atoms with Crippen LogP contribution in [0.1, 0.15) is 0 Å². The van der Waals surface area contributed by atoms with Gasteiger partial charge < -0.3 is 4.98 Å². The van der Waals surface area contributed by atoms with E-state index in [2.05, 4.69) is 26.3 Å². The maximum absolute atomic E-state index is 3.93. The van der Waals surface area contributed by atoms with Crippen molar-refractivity contribution in [3.63, 3.8) is 0 Å². The van der Waals surface area contributed by atoms with Gasteiger partial charge in [-0.2, -0.15) is 0 Å². The van der Waals surface area contributed by atoms with E-state index >= 15 is 0 Å². The summed E-state index contributed by atoms with van der Waals surface area (Å²) in [6, 6.07) is 0. The summed E-state index contributed by atoms with van der Waals surface area (Å²) in [7, 11) is 0. The summed E-state index contributed by atoms with van der Waals surface area (Å²) in [5.41, 5.74) is 1.29. The third kappa shape index (κ3) is 0.561. The zero-order chi connectivity index (χ0) is 6.10. The molecule has 43 valence electrons. The third-order valence-corrected chi connectivity index (χ3v) is 1.02. The lowest BCUT2D eigenvalue weighted by atomic mass is 10.7. The van der Waals surface area contributed by atoms with Gasteiger partial charge in [-0.05, 0) is 0 Å². The Morgan fingerprint density at radius 1 is 1.33 bits per heavy atom. The Hall–Kier alpha value is -1.45. The third-order valence-electron chi connectivity index (χ3n) is 1.02. The summed E-state index contributed by atoms with van der Waals surface area (Å²) in [5.74, 6) is 0. The summed E-state index contributed by atoms with van der Waals surface area (Å²) < 4.78 is 0. The van der Waals surface area contributed by atoms with E-state index in [0.29, 0.717) is 11.3 Å². The number of fused-ring (bicyclic) bond motifs is 1. The molecular formula is C5H3N4.